The highest BCUT2D eigenvalue weighted by molar-refractivity contribution is 5.43. The topological polar surface area (TPSA) is 48.1 Å². The smallest absolute Gasteiger partial charge is 0.416 e. The number of ether oxygens (including phenoxy) is 1. The van der Waals surface area contributed by atoms with Gasteiger partial charge >= 0.3 is 6.18 Å². The normalized spacial score (nSPS) is 13.0. The van der Waals surface area contributed by atoms with Crippen molar-refractivity contribution in [3.8, 4) is 5.75 Å². The summed E-state index contributed by atoms with van der Waals surface area (Å²) in [4.78, 5) is 3.93. The maximum atomic E-state index is 12.7. The van der Waals surface area contributed by atoms with E-state index in [1.165, 1.54) is 19.4 Å². The van der Waals surface area contributed by atoms with E-state index in [1.807, 2.05) is 0 Å². The van der Waals surface area contributed by atoms with Crippen LogP contribution in [0.1, 0.15) is 28.3 Å². The van der Waals surface area contributed by atoms with Crippen molar-refractivity contribution in [2.24, 2.45) is 5.73 Å². The molecule has 112 valence electrons. The van der Waals surface area contributed by atoms with Gasteiger partial charge in [0.25, 0.3) is 0 Å². The number of nitrogens with two attached hydrogens (primary N) is 1. The van der Waals surface area contributed by atoms with Gasteiger partial charge in [-0.2, -0.15) is 13.2 Å². The lowest BCUT2D eigenvalue weighted by molar-refractivity contribution is -0.137. The summed E-state index contributed by atoms with van der Waals surface area (Å²) in [5.41, 5.74) is 7.26. The zero-order valence-corrected chi connectivity index (χ0v) is 11.6. The molecule has 21 heavy (non-hydrogen) atoms. The van der Waals surface area contributed by atoms with Gasteiger partial charge in [0.2, 0.25) is 0 Å². The molecule has 3 nitrogen and oxygen atoms in total. The molecule has 0 bridgehead atoms. The van der Waals surface area contributed by atoms with Crippen LogP contribution in [0.3, 0.4) is 0 Å². The summed E-state index contributed by atoms with van der Waals surface area (Å²) in [7, 11) is 1.49. The van der Waals surface area contributed by atoms with Crippen molar-refractivity contribution < 1.29 is 17.9 Å². The number of rotatable bonds is 3. The number of aromatic nitrogens is 1. The summed E-state index contributed by atoms with van der Waals surface area (Å²) in [5, 5.41) is 0. The molecule has 0 aliphatic rings. The number of pyridine rings is 1. The molecule has 0 aliphatic carbocycles. The van der Waals surface area contributed by atoms with E-state index in [0.29, 0.717) is 22.4 Å². The number of hydrogen-bond donors (Lipinski definition) is 1. The number of aryl methyl sites for hydroxylation is 1. The Morgan fingerprint density at radius 2 is 1.90 bits per heavy atom. The largest absolute Gasteiger partial charge is 0.495 e. The van der Waals surface area contributed by atoms with Crippen molar-refractivity contribution in [3.63, 3.8) is 0 Å². The van der Waals surface area contributed by atoms with Crippen LogP contribution in [0.5, 0.6) is 5.75 Å². The summed E-state index contributed by atoms with van der Waals surface area (Å²) in [6.07, 6.45) is -1.27. The molecule has 0 amide bonds. The third-order valence-corrected chi connectivity index (χ3v) is 3.30. The number of methoxy groups -OCH3 is 1. The standard InChI is InChI=1S/C15H15F3N2O/c1-9-7-10(15(16,17)18)3-4-11(9)14(19)12-5-6-20-8-13(12)21-2/h3-8,14H,19H2,1-2H3. The number of halogens is 3. The molecular formula is C15H15F3N2O. The molecule has 2 N–H and O–H groups in total. The van der Waals surface area contributed by atoms with Gasteiger partial charge in [0.05, 0.1) is 24.9 Å². The maximum absolute atomic E-state index is 12.7. The van der Waals surface area contributed by atoms with Gasteiger partial charge in [-0.05, 0) is 36.2 Å². The van der Waals surface area contributed by atoms with Gasteiger partial charge in [0.15, 0.2) is 0 Å². The molecule has 0 spiro atoms. The molecule has 2 aromatic rings. The minimum Gasteiger partial charge on any atom is -0.495 e. The van der Waals surface area contributed by atoms with Crippen molar-refractivity contribution in [2.45, 2.75) is 19.1 Å². The molecule has 0 aliphatic heterocycles. The monoisotopic (exact) mass is 296 g/mol. The second-order valence-corrected chi connectivity index (χ2v) is 4.66. The van der Waals surface area contributed by atoms with E-state index in [4.69, 9.17) is 10.5 Å². The van der Waals surface area contributed by atoms with Crippen LogP contribution in [0.15, 0.2) is 36.7 Å². The number of benzene rings is 1. The van der Waals surface area contributed by atoms with Crippen LogP contribution in [-0.2, 0) is 6.18 Å². The minimum absolute atomic E-state index is 0.483. The molecule has 1 aromatic carbocycles. The Morgan fingerprint density at radius 1 is 1.19 bits per heavy atom. The second kappa shape index (κ2) is 5.73. The van der Waals surface area contributed by atoms with E-state index >= 15 is 0 Å². The summed E-state index contributed by atoms with van der Waals surface area (Å²) < 4.78 is 43.2. The molecule has 6 heteroatoms. The molecule has 0 saturated carbocycles. The Bertz CT molecular complexity index is 641. The average Bonchev–Trinajstić information content (AvgIpc) is 2.45. The molecule has 1 aromatic heterocycles. The van der Waals surface area contributed by atoms with Gasteiger partial charge in [-0.25, -0.2) is 0 Å². The molecule has 1 atom stereocenters. The van der Waals surface area contributed by atoms with Crippen molar-refractivity contribution in [2.75, 3.05) is 7.11 Å². The molecule has 1 heterocycles. The molecule has 2 rings (SSSR count). The molecule has 1 unspecified atom stereocenters. The van der Waals surface area contributed by atoms with Gasteiger partial charge in [-0.3, -0.25) is 4.98 Å². The number of alkyl halides is 3. The highest BCUT2D eigenvalue weighted by Gasteiger charge is 2.31. The van der Waals surface area contributed by atoms with Gasteiger partial charge in [-0.15, -0.1) is 0 Å². The Balaban J connectivity index is 2.42. The van der Waals surface area contributed by atoms with E-state index in [2.05, 4.69) is 4.98 Å². The number of hydrogen-bond acceptors (Lipinski definition) is 3. The quantitative estimate of drug-likeness (QED) is 0.943. The first kappa shape index (κ1) is 15.3. The van der Waals surface area contributed by atoms with Crippen LogP contribution >= 0.6 is 0 Å². The second-order valence-electron chi connectivity index (χ2n) is 4.66. The zero-order chi connectivity index (χ0) is 15.6. The minimum atomic E-state index is -4.36. The Morgan fingerprint density at radius 3 is 2.48 bits per heavy atom. The van der Waals surface area contributed by atoms with E-state index in [0.717, 1.165) is 12.1 Å². The van der Waals surface area contributed by atoms with E-state index < -0.39 is 17.8 Å². The van der Waals surface area contributed by atoms with Crippen molar-refractivity contribution in [3.05, 3.63) is 58.9 Å². The summed E-state index contributed by atoms with van der Waals surface area (Å²) >= 11 is 0. The first-order valence-corrected chi connectivity index (χ1v) is 6.26. The summed E-state index contributed by atoms with van der Waals surface area (Å²) in [6, 6.07) is 4.66. The van der Waals surface area contributed by atoms with Crippen molar-refractivity contribution in [1.82, 2.24) is 4.98 Å². The van der Waals surface area contributed by atoms with Crippen molar-refractivity contribution >= 4 is 0 Å². The third-order valence-electron chi connectivity index (χ3n) is 3.30. The Hall–Kier alpha value is -2.08. The fourth-order valence-corrected chi connectivity index (χ4v) is 2.19. The van der Waals surface area contributed by atoms with Crippen LogP contribution in [0.4, 0.5) is 13.2 Å². The Kier molecular flexibility index (Phi) is 4.18. The van der Waals surface area contributed by atoms with Crippen LogP contribution in [0.25, 0.3) is 0 Å². The molecule has 0 saturated heterocycles. The summed E-state index contributed by atoms with van der Waals surface area (Å²) in [6.45, 7) is 1.61. The number of nitrogens with zero attached hydrogens (tertiary/aromatic N) is 1. The molecular weight excluding hydrogens is 281 g/mol. The van der Waals surface area contributed by atoms with Gasteiger partial charge in [-0.1, -0.05) is 6.07 Å². The summed E-state index contributed by atoms with van der Waals surface area (Å²) in [5.74, 6) is 0.504. The first-order valence-electron chi connectivity index (χ1n) is 6.26. The van der Waals surface area contributed by atoms with Crippen LogP contribution in [0, 0.1) is 6.92 Å². The highest BCUT2D eigenvalue weighted by atomic mass is 19.4. The van der Waals surface area contributed by atoms with E-state index in [1.54, 1.807) is 19.2 Å². The lowest BCUT2D eigenvalue weighted by Gasteiger charge is -2.18. The molecule has 0 fully saturated rings. The van der Waals surface area contributed by atoms with Gasteiger partial charge < -0.3 is 10.5 Å². The fraction of sp³-hybridized carbons (Fsp3) is 0.267. The first-order chi connectivity index (χ1) is 9.84. The SMILES string of the molecule is COc1cnccc1C(N)c1ccc(C(F)(F)F)cc1C. The average molecular weight is 296 g/mol. The van der Waals surface area contributed by atoms with Crippen LogP contribution < -0.4 is 10.5 Å². The zero-order valence-electron chi connectivity index (χ0n) is 11.6. The molecule has 0 radical (unpaired) electrons. The maximum Gasteiger partial charge on any atom is 0.416 e. The van der Waals surface area contributed by atoms with Crippen LogP contribution in [0.2, 0.25) is 0 Å². The highest BCUT2D eigenvalue weighted by Crippen LogP contribution is 2.34. The predicted molar refractivity (Wildman–Crippen MR) is 73.0 cm³/mol. The third kappa shape index (κ3) is 3.16. The van der Waals surface area contributed by atoms with Gasteiger partial charge in [0, 0.05) is 11.8 Å². The van der Waals surface area contributed by atoms with Gasteiger partial charge in [0.1, 0.15) is 5.75 Å². The lowest BCUT2D eigenvalue weighted by Crippen LogP contribution is -2.15. The van der Waals surface area contributed by atoms with E-state index in [9.17, 15) is 13.2 Å². The Labute approximate surface area is 120 Å². The van der Waals surface area contributed by atoms with Crippen LogP contribution in [-0.4, -0.2) is 12.1 Å². The fourth-order valence-electron chi connectivity index (χ4n) is 2.19. The lowest BCUT2D eigenvalue weighted by atomic mass is 9.94. The van der Waals surface area contributed by atoms with E-state index in [-0.39, 0.29) is 0 Å². The predicted octanol–water partition coefficient (Wildman–Crippen LogP) is 3.47. The van der Waals surface area contributed by atoms with Crippen molar-refractivity contribution in [1.29, 1.82) is 0 Å².